The van der Waals surface area contributed by atoms with Gasteiger partial charge in [-0.3, -0.25) is 4.98 Å². The SMILES string of the molecule is COCC(C)(O)Cc1ncc(C)c(OC)c1C. The maximum Gasteiger partial charge on any atom is 0.128 e. The molecule has 1 aromatic heterocycles. The highest BCUT2D eigenvalue weighted by atomic mass is 16.5. The number of aromatic nitrogens is 1. The van der Waals surface area contributed by atoms with E-state index in [1.165, 1.54) is 0 Å². The molecule has 0 bridgehead atoms. The summed E-state index contributed by atoms with van der Waals surface area (Å²) in [4.78, 5) is 4.36. The van der Waals surface area contributed by atoms with Crippen LogP contribution in [0.15, 0.2) is 6.20 Å². The van der Waals surface area contributed by atoms with Gasteiger partial charge in [-0.15, -0.1) is 0 Å². The van der Waals surface area contributed by atoms with Gasteiger partial charge in [0.1, 0.15) is 5.75 Å². The highest BCUT2D eigenvalue weighted by Crippen LogP contribution is 2.26. The fraction of sp³-hybridized carbons (Fsp3) is 0.615. The molecule has 0 fully saturated rings. The molecule has 1 atom stereocenters. The molecule has 4 heteroatoms. The van der Waals surface area contributed by atoms with Crippen molar-refractivity contribution in [2.24, 2.45) is 0 Å². The van der Waals surface area contributed by atoms with Gasteiger partial charge in [-0.25, -0.2) is 0 Å². The van der Waals surface area contributed by atoms with E-state index in [4.69, 9.17) is 9.47 Å². The largest absolute Gasteiger partial charge is 0.496 e. The molecular formula is C13H21NO3. The quantitative estimate of drug-likeness (QED) is 0.848. The van der Waals surface area contributed by atoms with Crippen molar-refractivity contribution in [2.45, 2.75) is 32.8 Å². The summed E-state index contributed by atoms with van der Waals surface area (Å²) >= 11 is 0. The minimum absolute atomic E-state index is 0.282. The second-order valence-corrected chi connectivity index (χ2v) is 4.65. The number of aliphatic hydroxyl groups is 1. The lowest BCUT2D eigenvalue weighted by atomic mass is 9.97. The second kappa shape index (κ2) is 5.47. The molecule has 4 nitrogen and oxygen atoms in total. The Balaban J connectivity index is 3.00. The van der Waals surface area contributed by atoms with Crippen molar-refractivity contribution in [3.8, 4) is 5.75 Å². The average Bonchev–Trinajstić information content (AvgIpc) is 2.23. The first kappa shape index (κ1) is 13.9. The molecular weight excluding hydrogens is 218 g/mol. The van der Waals surface area contributed by atoms with E-state index in [2.05, 4.69) is 4.98 Å². The highest BCUT2D eigenvalue weighted by molar-refractivity contribution is 5.41. The monoisotopic (exact) mass is 239 g/mol. The molecule has 0 saturated carbocycles. The molecule has 0 aliphatic heterocycles. The molecule has 1 N–H and O–H groups in total. The number of nitrogens with zero attached hydrogens (tertiary/aromatic N) is 1. The van der Waals surface area contributed by atoms with Crippen LogP contribution in [0.4, 0.5) is 0 Å². The van der Waals surface area contributed by atoms with Crippen LogP contribution in [0.25, 0.3) is 0 Å². The zero-order chi connectivity index (χ0) is 13.1. The van der Waals surface area contributed by atoms with E-state index in [0.717, 1.165) is 22.6 Å². The van der Waals surface area contributed by atoms with E-state index in [1.807, 2.05) is 13.8 Å². The maximum atomic E-state index is 10.1. The minimum atomic E-state index is -0.910. The average molecular weight is 239 g/mol. The van der Waals surface area contributed by atoms with Gasteiger partial charge in [0.05, 0.1) is 19.3 Å². The predicted molar refractivity (Wildman–Crippen MR) is 66.5 cm³/mol. The Morgan fingerprint density at radius 1 is 1.35 bits per heavy atom. The van der Waals surface area contributed by atoms with Crippen LogP contribution in [-0.4, -0.2) is 36.5 Å². The summed E-state index contributed by atoms with van der Waals surface area (Å²) in [5.74, 6) is 0.836. The van der Waals surface area contributed by atoms with Crippen LogP contribution in [0.2, 0.25) is 0 Å². The van der Waals surface area contributed by atoms with Crippen LogP contribution in [0.5, 0.6) is 5.75 Å². The normalized spacial score (nSPS) is 14.5. The zero-order valence-corrected chi connectivity index (χ0v) is 11.2. The first-order chi connectivity index (χ1) is 7.91. The number of hydrogen-bond donors (Lipinski definition) is 1. The molecule has 0 aromatic carbocycles. The summed E-state index contributed by atoms with van der Waals surface area (Å²) in [5.41, 5.74) is 1.91. The van der Waals surface area contributed by atoms with Gasteiger partial charge in [-0.05, 0) is 20.8 Å². The number of methoxy groups -OCH3 is 2. The van der Waals surface area contributed by atoms with Gasteiger partial charge in [-0.1, -0.05) is 0 Å². The van der Waals surface area contributed by atoms with Crippen molar-refractivity contribution >= 4 is 0 Å². The van der Waals surface area contributed by atoms with Crippen molar-refractivity contribution < 1.29 is 14.6 Å². The predicted octanol–water partition coefficient (Wildman–Crippen LogP) is 1.65. The van der Waals surface area contributed by atoms with Crippen LogP contribution in [-0.2, 0) is 11.2 Å². The molecule has 0 amide bonds. The van der Waals surface area contributed by atoms with E-state index in [9.17, 15) is 5.11 Å². The van der Waals surface area contributed by atoms with Gasteiger partial charge < -0.3 is 14.6 Å². The van der Waals surface area contributed by atoms with Crippen molar-refractivity contribution in [1.82, 2.24) is 4.98 Å². The summed E-state index contributed by atoms with van der Waals surface area (Å²) < 4.78 is 10.3. The van der Waals surface area contributed by atoms with Crippen LogP contribution in [0, 0.1) is 13.8 Å². The van der Waals surface area contributed by atoms with Crippen molar-refractivity contribution in [3.05, 3.63) is 23.0 Å². The maximum absolute atomic E-state index is 10.1. The van der Waals surface area contributed by atoms with Gasteiger partial charge in [0.2, 0.25) is 0 Å². The molecule has 1 aromatic rings. The van der Waals surface area contributed by atoms with E-state index in [1.54, 1.807) is 27.3 Å². The second-order valence-electron chi connectivity index (χ2n) is 4.65. The van der Waals surface area contributed by atoms with Gasteiger partial charge in [0.15, 0.2) is 0 Å². The van der Waals surface area contributed by atoms with Gasteiger partial charge in [0.25, 0.3) is 0 Å². The fourth-order valence-corrected chi connectivity index (χ4v) is 1.97. The minimum Gasteiger partial charge on any atom is -0.496 e. The molecule has 0 aliphatic rings. The van der Waals surface area contributed by atoms with Crippen molar-refractivity contribution in [3.63, 3.8) is 0 Å². The summed E-state index contributed by atoms with van der Waals surface area (Å²) in [6.07, 6.45) is 2.22. The van der Waals surface area contributed by atoms with Crippen molar-refractivity contribution in [1.29, 1.82) is 0 Å². The highest BCUT2D eigenvalue weighted by Gasteiger charge is 2.23. The van der Waals surface area contributed by atoms with E-state index >= 15 is 0 Å². The van der Waals surface area contributed by atoms with Crippen LogP contribution in [0.1, 0.15) is 23.7 Å². The summed E-state index contributed by atoms with van der Waals surface area (Å²) in [5, 5.41) is 10.1. The Morgan fingerprint density at radius 3 is 2.53 bits per heavy atom. The number of pyridine rings is 1. The van der Waals surface area contributed by atoms with Gasteiger partial charge in [-0.2, -0.15) is 0 Å². The van der Waals surface area contributed by atoms with Crippen LogP contribution < -0.4 is 4.74 Å². The van der Waals surface area contributed by atoms with E-state index < -0.39 is 5.60 Å². The third-order valence-electron chi connectivity index (χ3n) is 2.75. The molecule has 1 heterocycles. The lowest BCUT2D eigenvalue weighted by Gasteiger charge is -2.23. The molecule has 0 radical (unpaired) electrons. The lowest BCUT2D eigenvalue weighted by molar-refractivity contribution is -0.0168. The Labute approximate surface area is 103 Å². The van der Waals surface area contributed by atoms with Gasteiger partial charge in [0, 0.05) is 36.5 Å². The molecule has 1 rings (SSSR count). The molecule has 1 unspecified atom stereocenters. The molecule has 0 saturated heterocycles. The number of aryl methyl sites for hydroxylation is 1. The van der Waals surface area contributed by atoms with Crippen LogP contribution in [0.3, 0.4) is 0 Å². The molecule has 0 spiro atoms. The third-order valence-corrected chi connectivity index (χ3v) is 2.75. The lowest BCUT2D eigenvalue weighted by Crippen LogP contribution is -2.33. The van der Waals surface area contributed by atoms with Crippen molar-refractivity contribution in [2.75, 3.05) is 20.8 Å². The number of ether oxygens (including phenoxy) is 2. The van der Waals surface area contributed by atoms with E-state index in [-0.39, 0.29) is 6.61 Å². The first-order valence-corrected chi connectivity index (χ1v) is 5.61. The number of rotatable bonds is 5. The van der Waals surface area contributed by atoms with Gasteiger partial charge >= 0.3 is 0 Å². The fourth-order valence-electron chi connectivity index (χ4n) is 1.97. The third kappa shape index (κ3) is 3.41. The smallest absolute Gasteiger partial charge is 0.128 e. The number of hydrogen-bond acceptors (Lipinski definition) is 4. The standard InChI is InChI=1S/C13H21NO3/c1-9-7-14-11(10(2)12(9)17-5)6-13(3,15)8-16-4/h7,15H,6,8H2,1-5H3. The molecule has 0 aliphatic carbocycles. The molecule has 17 heavy (non-hydrogen) atoms. The topological polar surface area (TPSA) is 51.6 Å². The Kier molecular flexibility index (Phi) is 4.48. The van der Waals surface area contributed by atoms with Crippen LogP contribution >= 0.6 is 0 Å². The summed E-state index contributed by atoms with van der Waals surface area (Å²) in [6, 6.07) is 0. The Bertz CT molecular complexity index is 388. The Morgan fingerprint density at radius 2 is 2.00 bits per heavy atom. The summed E-state index contributed by atoms with van der Waals surface area (Å²) in [7, 11) is 3.22. The van der Waals surface area contributed by atoms with E-state index in [0.29, 0.717) is 6.42 Å². The first-order valence-electron chi connectivity index (χ1n) is 5.61. The zero-order valence-electron chi connectivity index (χ0n) is 11.2. The Hall–Kier alpha value is -1.13. The molecule has 96 valence electrons. The summed E-state index contributed by atoms with van der Waals surface area (Å²) in [6.45, 7) is 5.93.